The van der Waals surface area contributed by atoms with Crippen LogP contribution in [0, 0.1) is 12.7 Å². The minimum atomic E-state index is -1.17. The molecule has 0 bridgehead atoms. The van der Waals surface area contributed by atoms with E-state index in [1.807, 2.05) is 25.1 Å². The molecule has 5 nitrogen and oxygen atoms in total. The van der Waals surface area contributed by atoms with Gasteiger partial charge in [-0.15, -0.1) is 11.8 Å². The van der Waals surface area contributed by atoms with Gasteiger partial charge in [0.25, 0.3) is 11.8 Å². The van der Waals surface area contributed by atoms with Gasteiger partial charge in [0, 0.05) is 23.4 Å². The number of fused-ring (bicyclic) bond motifs is 2. The van der Waals surface area contributed by atoms with Crippen molar-refractivity contribution in [3.05, 3.63) is 89.1 Å². The molecule has 0 aliphatic carbocycles. The van der Waals surface area contributed by atoms with Crippen molar-refractivity contribution in [1.29, 1.82) is 0 Å². The number of anilines is 1. The Labute approximate surface area is 177 Å². The molecule has 3 aromatic rings. The predicted octanol–water partition coefficient (Wildman–Crippen LogP) is 4.32. The molecule has 5 rings (SSSR count). The van der Waals surface area contributed by atoms with Gasteiger partial charge in [-0.3, -0.25) is 9.59 Å². The lowest BCUT2D eigenvalue weighted by Gasteiger charge is -2.32. The molecule has 0 radical (unpaired) electrons. The van der Waals surface area contributed by atoms with Crippen molar-refractivity contribution in [2.75, 3.05) is 17.2 Å². The van der Waals surface area contributed by atoms with Crippen molar-refractivity contribution in [3.8, 4) is 0 Å². The molecule has 2 aromatic carbocycles. The summed E-state index contributed by atoms with van der Waals surface area (Å²) in [6.07, 6.45) is 1.45. The molecule has 1 atom stereocenters. The first-order valence-corrected chi connectivity index (χ1v) is 10.7. The molecule has 2 aliphatic rings. The van der Waals surface area contributed by atoms with Gasteiger partial charge in [-0.1, -0.05) is 35.9 Å². The van der Waals surface area contributed by atoms with E-state index in [0.717, 1.165) is 11.1 Å². The van der Waals surface area contributed by atoms with Gasteiger partial charge in [-0.05, 0) is 31.2 Å². The van der Waals surface area contributed by atoms with E-state index < -0.39 is 4.87 Å². The number of rotatable bonds is 3. The molecule has 30 heavy (non-hydrogen) atoms. The van der Waals surface area contributed by atoms with Crippen LogP contribution in [0.4, 0.5) is 10.1 Å². The van der Waals surface area contributed by atoms with Gasteiger partial charge < -0.3 is 14.2 Å². The van der Waals surface area contributed by atoms with Crippen molar-refractivity contribution in [3.63, 3.8) is 0 Å². The van der Waals surface area contributed by atoms with Crippen molar-refractivity contribution >= 4 is 29.3 Å². The fraction of sp³-hybridized carbons (Fsp3) is 0.217. The molecule has 3 heterocycles. The predicted molar refractivity (Wildman–Crippen MR) is 113 cm³/mol. The second kappa shape index (κ2) is 7.02. The summed E-state index contributed by atoms with van der Waals surface area (Å²) >= 11 is 1.44. The van der Waals surface area contributed by atoms with Gasteiger partial charge in [-0.2, -0.15) is 0 Å². The smallest absolute Gasteiger partial charge is 0.291 e. The monoisotopic (exact) mass is 422 g/mol. The maximum atomic E-state index is 14.3. The fourth-order valence-electron chi connectivity index (χ4n) is 4.22. The van der Waals surface area contributed by atoms with E-state index in [4.69, 9.17) is 4.42 Å². The van der Waals surface area contributed by atoms with Crippen LogP contribution in [-0.4, -0.2) is 29.0 Å². The summed E-state index contributed by atoms with van der Waals surface area (Å²) in [5.41, 5.74) is 2.90. The number of nitrogens with zero attached hydrogens (tertiary/aromatic N) is 2. The molecule has 1 unspecified atom stereocenters. The highest BCUT2D eigenvalue weighted by Crippen LogP contribution is 2.55. The molecule has 2 amide bonds. The summed E-state index contributed by atoms with van der Waals surface area (Å²) in [7, 11) is 0. The van der Waals surface area contributed by atoms with Crippen LogP contribution in [0.15, 0.2) is 65.3 Å². The van der Waals surface area contributed by atoms with Crippen molar-refractivity contribution in [2.24, 2.45) is 0 Å². The molecule has 1 spiro atoms. The molecule has 1 saturated heterocycles. The minimum Gasteiger partial charge on any atom is -0.459 e. The van der Waals surface area contributed by atoms with Gasteiger partial charge in [0.15, 0.2) is 10.6 Å². The third-order valence-electron chi connectivity index (χ3n) is 5.61. The Hall–Kier alpha value is -3.06. The lowest BCUT2D eigenvalue weighted by molar-refractivity contribution is -0.123. The van der Waals surface area contributed by atoms with Crippen LogP contribution in [0.25, 0.3) is 0 Å². The molecular formula is C23H19FN2O3S. The highest BCUT2D eigenvalue weighted by atomic mass is 32.2. The number of carbonyl (C=O) groups excluding carboxylic acids is 2. The van der Waals surface area contributed by atoms with Crippen molar-refractivity contribution in [1.82, 2.24) is 4.90 Å². The van der Waals surface area contributed by atoms with Crippen LogP contribution in [0.3, 0.4) is 0 Å². The Kier molecular flexibility index (Phi) is 4.43. The van der Waals surface area contributed by atoms with Gasteiger partial charge in [0.2, 0.25) is 0 Å². The van der Waals surface area contributed by atoms with Gasteiger partial charge in [0.05, 0.1) is 18.5 Å². The van der Waals surface area contributed by atoms with Gasteiger partial charge in [0.1, 0.15) is 5.82 Å². The Bertz CT molecular complexity index is 1150. The van der Waals surface area contributed by atoms with E-state index in [1.54, 1.807) is 40.1 Å². The standard InChI is InChI=1S/C23H19FN2O3S/c1-15-8-9-19-17(13-15)23(22(28)25(19)14-16-5-2-3-6-18(16)24)26(10-12-30-23)21(27)20-7-4-11-29-20/h2-9,11,13H,10,12,14H2,1H3. The molecule has 1 fully saturated rings. The highest BCUT2D eigenvalue weighted by molar-refractivity contribution is 8.01. The van der Waals surface area contributed by atoms with E-state index in [-0.39, 0.29) is 29.9 Å². The number of carbonyl (C=O) groups is 2. The number of amides is 2. The first-order chi connectivity index (χ1) is 14.5. The van der Waals surface area contributed by atoms with Crippen LogP contribution < -0.4 is 4.90 Å². The molecule has 0 N–H and O–H groups in total. The van der Waals surface area contributed by atoms with Crippen LogP contribution >= 0.6 is 11.8 Å². The summed E-state index contributed by atoms with van der Waals surface area (Å²) in [4.78, 5) is 29.1. The highest BCUT2D eigenvalue weighted by Gasteiger charge is 2.59. The molecule has 7 heteroatoms. The zero-order valence-corrected chi connectivity index (χ0v) is 17.1. The third-order valence-corrected chi connectivity index (χ3v) is 7.03. The number of thioether (sulfide) groups is 1. The summed E-state index contributed by atoms with van der Waals surface area (Å²) < 4.78 is 19.7. The Morgan fingerprint density at radius 2 is 2.03 bits per heavy atom. The van der Waals surface area contributed by atoms with E-state index in [9.17, 15) is 14.0 Å². The Morgan fingerprint density at radius 3 is 2.80 bits per heavy atom. The van der Waals surface area contributed by atoms with E-state index in [2.05, 4.69) is 0 Å². The molecule has 2 aliphatic heterocycles. The normalized spacial score (nSPS) is 20.3. The summed E-state index contributed by atoms with van der Waals surface area (Å²) in [5, 5.41) is 0. The maximum Gasteiger partial charge on any atom is 0.291 e. The average Bonchev–Trinajstić information content (AvgIpc) is 3.47. The average molecular weight is 422 g/mol. The minimum absolute atomic E-state index is 0.104. The van der Waals surface area contributed by atoms with E-state index in [0.29, 0.717) is 23.5 Å². The van der Waals surface area contributed by atoms with Crippen LogP contribution in [-0.2, 0) is 16.2 Å². The van der Waals surface area contributed by atoms with Crippen molar-refractivity contribution < 1.29 is 18.4 Å². The maximum absolute atomic E-state index is 14.3. The lowest BCUT2D eigenvalue weighted by atomic mass is 10.0. The van der Waals surface area contributed by atoms with Gasteiger partial charge in [-0.25, -0.2) is 4.39 Å². The first kappa shape index (κ1) is 18.9. The number of benzene rings is 2. The second-order valence-corrected chi connectivity index (χ2v) is 8.72. The third kappa shape index (κ3) is 2.69. The number of furan rings is 1. The largest absolute Gasteiger partial charge is 0.459 e. The number of hydrogen-bond acceptors (Lipinski definition) is 4. The molecule has 1 aromatic heterocycles. The van der Waals surface area contributed by atoms with Crippen LogP contribution in [0.1, 0.15) is 27.2 Å². The quantitative estimate of drug-likeness (QED) is 0.631. The summed E-state index contributed by atoms with van der Waals surface area (Å²) in [6, 6.07) is 15.5. The van der Waals surface area contributed by atoms with Crippen LogP contribution in [0.2, 0.25) is 0 Å². The second-order valence-electron chi connectivity index (χ2n) is 7.43. The zero-order chi connectivity index (χ0) is 20.9. The summed E-state index contributed by atoms with van der Waals surface area (Å²) in [5.74, 6) is -0.0831. The number of halogens is 1. The Balaban J connectivity index is 1.62. The summed E-state index contributed by atoms with van der Waals surface area (Å²) in [6.45, 7) is 2.49. The van der Waals surface area contributed by atoms with Gasteiger partial charge >= 0.3 is 0 Å². The molecule has 0 saturated carbocycles. The van der Waals surface area contributed by atoms with Crippen LogP contribution in [0.5, 0.6) is 0 Å². The zero-order valence-electron chi connectivity index (χ0n) is 16.3. The van der Waals surface area contributed by atoms with E-state index in [1.165, 1.54) is 24.1 Å². The topological polar surface area (TPSA) is 53.8 Å². The van der Waals surface area contributed by atoms with Crippen molar-refractivity contribution in [2.45, 2.75) is 18.3 Å². The molecular weight excluding hydrogens is 403 g/mol. The first-order valence-electron chi connectivity index (χ1n) is 9.68. The number of hydrogen-bond donors (Lipinski definition) is 0. The Morgan fingerprint density at radius 1 is 1.20 bits per heavy atom. The van der Waals surface area contributed by atoms with E-state index >= 15 is 0 Å². The lowest BCUT2D eigenvalue weighted by Crippen LogP contribution is -2.50. The SMILES string of the molecule is Cc1ccc2c(c1)C1(SCCN1C(=O)c1ccco1)C(=O)N2Cc1ccccc1F. The molecule has 152 valence electrons. The fourth-order valence-corrected chi connectivity index (χ4v) is 5.67. The number of aryl methyl sites for hydroxylation is 1.